The third kappa shape index (κ3) is 4.71. The Morgan fingerprint density at radius 2 is 1.82 bits per heavy atom. The predicted molar refractivity (Wildman–Crippen MR) is 124 cm³/mol. The van der Waals surface area contributed by atoms with E-state index in [1.165, 1.54) is 11.3 Å². The number of carbonyl (C=O) groups is 2. The number of carbonyl (C=O) groups excluding carboxylic acids is 2. The molecule has 2 aliphatic heterocycles. The average molecular weight is 486 g/mol. The summed E-state index contributed by atoms with van der Waals surface area (Å²) in [5.74, 6) is 1.07. The van der Waals surface area contributed by atoms with Gasteiger partial charge < -0.3 is 25.0 Å². The number of urea groups is 1. The van der Waals surface area contributed by atoms with E-state index in [1.54, 1.807) is 35.2 Å². The second-order valence-electron chi connectivity index (χ2n) is 7.64. The molecule has 2 aliphatic rings. The van der Waals surface area contributed by atoms with Gasteiger partial charge in [0, 0.05) is 30.8 Å². The Bertz CT molecular complexity index is 1200. The molecule has 5 rings (SSSR count). The van der Waals surface area contributed by atoms with Crippen LogP contribution in [0.25, 0.3) is 0 Å². The fourth-order valence-corrected chi connectivity index (χ4v) is 4.83. The van der Waals surface area contributed by atoms with Crippen molar-refractivity contribution in [3.05, 3.63) is 57.5 Å². The number of benzene rings is 2. The first-order valence-corrected chi connectivity index (χ1v) is 11.6. The minimum atomic E-state index is -0.325. The van der Waals surface area contributed by atoms with E-state index < -0.39 is 0 Å². The molecule has 0 radical (unpaired) electrons. The molecule has 11 heteroatoms. The molecular formula is C22H20ClN5O4S. The minimum Gasteiger partial charge on any atom is -0.454 e. The summed E-state index contributed by atoms with van der Waals surface area (Å²) in [5, 5.41) is 15.6. The zero-order chi connectivity index (χ0) is 22.8. The quantitative estimate of drug-likeness (QED) is 0.560. The zero-order valence-corrected chi connectivity index (χ0v) is 19.0. The number of likely N-dealkylation sites (tertiary alicyclic amines) is 1. The lowest BCUT2D eigenvalue weighted by Gasteiger charge is -2.31. The molecule has 0 aliphatic carbocycles. The summed E-state index contributed by atoms with van der Waals surface area (Å²) in [6.07, 6.45) is 1.49. The molecular weight excluding hydrogens is 466 g/mol. The predicted octanol–water partition coefficient (Wildman–Crippen LogP) is 4.58. The summed E-state index contributed by atoms with van der Waals surface area (Å²) in [6, 6.07) is 12.2. The minimum absolute atomic E-state index is 0.152. The number of hydrogen-bond donors (Lipinski definition) is 2. The number of anilines is 2. The van der Waals surface area contributed by atoms with Gasteiger partial charge in [-0.2, -0.15) is 0 Å². The van der Waals surface area contributed by atoms with Gasteiger partial charge in [0.1, 0.15) is 5.01 Å². The van der Waals surface area contributed by atoms with Gasteiger partial charge in [0.2, 0.25) is 11.8 Å². The number of amides is 3. The van der Waals surface area contributed by atoms with Crippen LogP contribution in [0.5, 0.6) is 11.5 Å². The number of piperidine rings is 1. The second kappa shape index (κ2) is 9.24. The Morgan fingerprint density at radius 1 is 1.03 bits per heavy atom. The number of aromatic nitrogens is 2. The summed E-state index contributed by atoms with van der Waals surface area (Å²) in [4.78, 5) is 26.9. The van der Waals surface area contributed by atoms with Crippen molar-refractivity contribution in [3.8, 4) is 11.5 Å². The Morgan fingerprint density at radius 3 is 2.64 bits per heavy atom. The van der Waals surface area contributed by atoms with Crippen molar-refractivity contribution in [3.63, 3.8) is 0 Å². The molecule has 3 aromatic rings. The van der Waals surface area contributed by atoms with Gasteiger partial charge >= 0.3 is 6.03 Å². The van der Waals surface area contributed by atoms with Crippen LogP contribution in [0.3, 0.4) is 0 Å². The van der Waals surface area contributed by atoms with Crippen LogP contribution < -0.4 is 20.1 Å². The fraction of sp³-hybridized carbons (Fsp3) is 0.273. The lowest BCUT2D eigenvalue weighted by Crippen LogP contribution is -2.40. The van der Waals surface area contributed by atoms with Crippen molar-refractivity contribution in [2.45, 2.75) is 18.8 Å². The van der Waals surface area contributed by atoms with Gasteiger partial charge in [-0.1, -0.05) is 35.1 Å². The molecule has 3 amide bonds. The van der Waals surface area contributed by atoms with Gasteiger partial charge in [-0.25, -0.2) is 4.79 Å². The number of ether oxygens (including phenoxy) is 2. The molecule has 2 N–H and O–H groups in total. The van der Waals surface area contributed by atoms with Crippen molar-refractivity contribution in [1.29, 1.82) is 0 Å². The van der Waals surface area contributed by atoms with Gasteiger partial charge in [0.25, 0.3) is 5.91 Å². The van der Waals surface area contributed by atoms with Crippen LogP contribution in [0, 0.1) is 0 Å². The molecule has 3 heterocycles. The second-order valence-corrected chi connectivity index (χ2v) is 9.06. The standard InChI is InChI=1S/C22H20ClN5O4S/c23-15-3-1-2-4-16(15)25-22(30)28-9-7-13(8-10-28)20-26-27-21(33-20)19(29)24-14-5-6-17-18(11-14)32-12-31-17/h1-6,11,13H,7-10,12H2,(H,24,29)(H,25,30). The first-order chi connectivity index (χ1) is 16.1. The summed E-state index contributed by atoms with van der Waals surface area (Å²) in [6.45, 7) is 1.34. The maximum atomic E-state index is 12.6. The molecule has 1 saturated heterocycles. The Kier molecular flexibility index (Phi) is 6.01. The molecule has 0 unspecified atom stereocenters. The lowest BCUT2D eigenvalue weighted by atomic mass is 9.98. The SMILES string of the molecule is O=C(Nc1ccc2c(c1)OCO2)c1nnc(C2CCN(C(=O)Nc3ccccc3Cl)CC2)s1. The Balaban J connectivity index is 1.16. The molecule has 0 spiro atoms. The van der Waals surface area contributed by atoms with Gasteiger partial charge in [0.05, 0.1) is 10.7 Å². The van der Waals surface area contributed by atoms with E-state index in [9.17, 15) is 9.59 Å². The van der Waals surface area contributed by atoms with Crippen molar-refractivity contribution in [1.82, 2.24) is 15.1 Å². The summed E-state index contributed by atoms with van der Waals surface area (Å²) < 4.78 is 10.6. The Labute approximate surface area is 198 Å². The van der Waals surface area contributed by atoms with E-state index in [-0.39, 0.29) is 24.6 Å². The van der Waals surface area contributed by atoms with Crippen LogP contribution in [0.15, 0.2) is 42.5 Å². The first kappa shape index (κ1) is 21.5. The topological polar surface area (TPSA) is 106 Å². The number of fused-ring (bicyclic) bond motifs is 1. The van der Waals surface area contributed by atoms with Gasteiger partial charge in [-0.05, 0) is 37.1 Å². The molecule has 1 aromatic heterocycles. The maximum Gasteiger partial charge on any atom is 0.321 e. The van der Waals surface area contributed by atoms with E-state index in [1.807, 2.05) is 12.1 Å². The number of hydrogen-bond acceptors (Lipinski definition) is 7. The average Bonchev–Trinajstić information content (AvgIpc) is 3.50. The third-order valence-corrected chi connectivity index (χ3v) is 6.93. The van der Waals surface area contributed by atoms with Crippen LogP contribution in [-0.4, -0.2) is 46.9 Å². The first-order valence-electron chi connectivity index (χ1n) is 10.4. The number of para-hydroxylation sites is 1. The third-order valence-electron chi connectivity index (χ3n) is 5.51. The van der Waals surface area contributed by atoms with Crippen molar-refractivity contribution in [2.24, 2.45) is 0 Å². The highest BCUT2D eigenvalue weighted by Gasteiger charge is 2.27. The van der Waals surface area contributed by atoms with E-state index >= 15 is 0 Å². The molecule has 2 aromatic carbocycles. The highest BCUT2D eigenvalue weighted by atomic mass is 35.5. The van der Waals surface area contributed by atoms with E-state index in [2.05, 4.69) is 20.8 Å². The number of rotatable bonds is 4. The molecule has 0 atom stereocenters. The highest BCUT2D eigenvalue weighted by Crippen LogP contribution is 2.35. The summed E-state index contributed by atoms with van der Waals surface area (Å²) in [5.41, 5.74) is 1.19. The van der Waals surface area contributed by atoms with Crippen molar-refractivity contribution in [2.75, 3.05) is 30.5 Å². The van der Waals surface area contributed by atoms with Crippen molar-refractivity contribution >= 4 is 46.3 Å². The van der Waals surface area contributed by atoms with Gasteiger partial charge in [-0.3, -0.25) is 4.79 Å². The van der Waals surface area contributed by atoms with E-state index in [4.69, 9.17) is 21.1 Å². The van der Waals surface area contributed by atoms with Gasteiger partial charge in [0.15, 0.2) is 11.5 Å². The molecule has 33 heavy (non-hydrogen) atoms. The largest absolute Gasteiger partial charge is 0.454 e. The monoisotopic (exact) mass is 485 g/mol. The van der Waals surface area contributed by atoms with Crippen LogP contribution >= 0.6 is 22.9 Å². The normalized spacial score (nSPS) is 15.4. The molecule has 0 saturated carbocycles. The number of nitrogens with one attached hydrogen (secondary N) is 2. The lowest BCUT2D eigenvalue weighted by molar-refractivity contribution is 0.102. The van der Waals surface area contributed by atoms with Crippen LogP contribution in [0.2, 0.25) is 5.02 Å². The van der Waals surface area contributed by atoms with Crippen LogP contribution in [0.4, 0.5) is 16.2 Å². The summed E-state index contributed by atoms with van der Waals surface area (Å²) in [7, 11) is 0. The maximum absolute atomic E-state index is 12.6. The smallest absolute Gasteiger partial charge is 0.321 e. The Hall–Kier alpha value is -3.37. The summed E-state index contributed by atoms with van der Waals surface area (Å²) >= 11 is 7.40. The van der Waals surface area contributed by atoms with Crippen LogP contribution in [-0.2, 0) is 0 Å². The molecule has 9 nitrogen and oxygen atoms in total. The van der Waals surface area contributed by atoms with Crippen LogP contribution in [0.1, 0.15) is 33.6 Å². The fourth-order valence-electron chi connectivity index (χ4n) is 3.74. The van der Waals surface area contributed by atoms with E-state index in [0.29, 0.717) is 46.0 Å². The molecule has 170 valence electrons. The van der Waals surface area contributed by atoms with E-state index in [0.717, 1.165) is 17.8 Å². The zero-order valence-electron chi connectivity index (χ0n) is 17.4. The number of nitrogens with zero attached hydrogens (tertiary/aromatic N) is 3. The number of halogens is 1. The highest BCUT2D eigenvalue weighted by molar-refractivity contribution is 7.13. The van der Waals surface area contributed by atoms with Crippen molar-refractivity contribution < 1.29 is 19.1 Å². The van der Waals surface area contributed by atoms with Gasteiger partial charge in [-0.15, -0.1) is 10.2 Å². The molecule has 1 fully saturated rings. The molecule has 0 bridgehead atoms.